The molecule has 0 spiro atoms. The van der Waals surface area contributed by atoms with Crippen molar-refractivity contribution in [3.63, 3.8) is 0 Å². The van der Waals surface area contributed by atoms with Gasteiger partial charge in [-0.2, -0.15) is 0 Å². The summed E-state index contributed by atoms with van der Waals surface area (Å²) in [6.07, 6.45) is 0. The van der Waals surface area contributed by atoms with Crippen molar-refractivity contribution in [2.45, 2.75) is 20.8 Å². The fourth-order valence-corrected chi connectivity index (χ4v) is 2.43. The highest BCUT2D eigenvalue weighted by molar-refractivity contribution is 6.31. The van der Waals surface area contributed by atoms with Crippen molar-refractivity contribution in [2.75, 3.05) is 17.7 Å². The van der Waals surface area contributed by atoms with Gasteiger partial charge in [0.2, 0.25) is 11.8 Å². The molecule has 0 unspecified atom stereocenters. The largest absolute Gasteiger partial charge is 0.495 e. The third-order valence-corrected chi connectivity index (χ3v) is 4.31. The first-order valence-electron chi connectivity index (χ1n) is 8.22. The fraction of sp³-hybridized carbons (Fsp3) is 0.250. The number of methoxy groups -OCH3 is 1. The van der Waals surface area contributed by atoms with Gasteiger partial charge in [-0.15, -0.1) is 0 Å². The van der Waals surface area contributed by atoms with E-state index in [1.165, 1.54) is 27.9 Å². The van der Waals surface area contributed by atoms with E-state index in [2.05, 4.69) is 10.6 Å². The van der Waals surface area contributed by atoms with E-state index in [0.717, 1.165) is 0 Å². The summed E-state index contributed by atoms with van der Waals surface area (Å²) in [5, 5.41) is 5.78. The maximum absolute atomic E-state index is 12.7. The lowest BCUT2D eigenvalue weighted by Crippen LogP contribution is -2.41. The van der Waals surface area contributed by atoms with Crippen LogP contribution in [0.3, 0.4) is 0 Å². The zero-order valence-electron chi connectivity index (χ0n) is 15.6. The number of hydrogen-bond donors (Lipinski definition) is 2. The van der Waals surface area contributed by atoms with Gasteiger partial charge in [-0.1, -0.05) is 23.7 Å². The van der Waals surface area contributed by atoms with Gasteiger partial charge in [0.25, 0.3) is 0 Å². The van der Waals surface area contributed by atoms with E-state index in [1.54, 1.807) is 42.5 Å². The van der Waals surface area contributed by atoms with Crippen LogP contribution in [0.1, 0.15) is 31.1 Å². The molecule has 0 atom stereocenters. The lowest BCUT2D eigenvalue weighted by molar-refractivity contribution is -0.135. The predicted molar refractivity (Wildman–Crippen MR) is 105 cm³/mol. The minimum atomic E-state index is -1.39. The molecule has 0 aliphatic heterocycles. The first-order chi connectivity index (χ1) is 12.6. The number of anilines is 2. The van der Waals surface area contributed by atoms with Crippen molar-refractivity contribution < 1.29 is 19.1 Å². The number of rotatable bonds is 6. The first-order valence-corrected chi connectivity index (χ1v) is 8.60. The molecule has 0 saturated carbocycles. The number of ether oxygens (including phenoxy) is 1. The van der Waals surface area contributed by atoms with Crippen LogP contribution in [0.15, 0.2) is 42.5 Å². The van der Waals surface area contributed by atoms with Crippen molar-refractivity contribution in [3.05, 3.63) is 53.1 Å². The Balaban J connectivity index is 2.18. The van der Waals surface area contributed by atoms with Gasteiger partial charge < -0.3 is 15.4 Å². The molecule has 2 aromatic rings. The van der Waals surface area contributed by atoms with Crippen molar-refractivity contribution in [1.82, 2.24) is 0 Å². The van der Waals surface area contributed by atoms with Gasteiger partial charge in [-0.3, -0.25) is 14.4 Å². The molecule has 0 saturated heterocycles. The molecule has 2 N–H and O–H groups in total. The molecule has 0 heterocycles. The van der Waals surface area contributed by atoms with E-state index in [-0.39, 0.29) is 5.78 Å². The number of Topliss-reactive ketones (excluding diaryl/α,β-unsaturated/α-hetero) is 1. The standard InChI is InChI=1S/C20H21ClN2O4/c1-12(24)13-6-5-7-15(10-13)22-18(25)20(2,3)19(26)23-16-11-14(21)8-9-17(16)27-4/h5-11H,1-4H3,(H,22,25)(H,23,26). The third kappa shape index (κ3) is 4.86. The Hall–Kier alpha value is -2.86. The van der Waals surface area contributed by atoms with Crippen LogP contribution in [0, 0.1) is 5.41 Å². The maximum Gasteiger partial charge on any atom is 0.239 e. The number of halogens is 1. The minimum absolute atomic E-state index is 0.115. The Kier molecular flexibility index (Phi) is 6.23. The SMILES string of the molecule is COc1ccc(Cl)cc1NC(=O)C(C)(C)C(=O)Nc1cccc(C(C)=O)c1. The second-order valence-corrected chi connectivity index (χ2v) is 6.95. The second kappa shape index (κ2) is 8.22. The normalized spacial score (nSPS) is 10.9. The molecule has 0 aliphatic rings. The highest BCUT2D eigenvalue weighted by atomic mass is 35.5. The molecule has 27 heavy (non-hydrogen) atoms. The summed E-state index contributed by atoms with van der Waals surface area (Å²) in [4.78, 5) is 36.8. The van der Waals surface area contributed by atoms with Crippen molar-refractivity contribution in [3.8, 4) is 5.75 Å². The molecular weight excluding hydrogens is 368 g/mol. The van der Waals surface area contributed by atoms with Gasteiger partial charge in [-0.05, 0) is 51.1 Å². The Morgan fingerprint density at radius 1 is 1.00 bits per heavy atom. The van der Waals surface area contributed by atoms with Crippen molar-refractivity contribution in [1.29, 1.82) is 0 Å². The van der Waals surface area contributed by atoms with E-state index < -0.39 is 17.2 Å². The molecule has 6 nitrogen and oxygen atoms in total. The smallest absolute Gasteiger partial charge is 0.239 e. The number of hydrogen-bond acceptors (Lipinski definition) is 4. The monoisotopic (exact) mass is 388 g/mol. The molecular formula is C20H21ClN2O4. The lowest BCUT2D eigenvalue weighted by atomic mass is 9.90. The number of ketones is 1. The predicted octanol–water partition coefficient (Wildman–Crippen LogP) is 4.15. The minimum Gasteiger partial charge on any atom is -0.495 e. The first kappa shape index (κ1) is 20.5. The van der Waals surface area contributed by atoms with Gasteiger partial charge in [0.05, 0.1) is 12.8 Å². The molecule has 0 bridgehead atoms. The fourth-order valence-electron chi connectivity index (χ4n) is 2.26. The summed E-state index contributed by atoms with van der Waals surface area (Å²) < 4.78 is 5.20. The zero-order chi connectivity index (χ0) is 20.2. The van der Waals surface area contributed by atoms with Crippen LogP contribution in [-0.2, 0) is 9.59 Å². The van der Waals surface area contributed by atoms with Crippen LogP contribution in [0.2, 0.25) is 5.02 Å². The lowest BCUT2D eigenvalue weighted by Gasteiger charge is -2.23. The highest BCUT2D eigenvalue weighted by Gasteiger charge is 2.36. The van der Waals surface area contributed by atoms with E-state index in [0.29, 0.717) is 27.7 Å². The van der Waals surface area contributed by atoms with Gasteiger partial charge in [0.15, 0.2) is 5.78 Å². The number of carbonyl (C=O) groups is 3. The Labute approximate surface area is 162 Å². The molecule has 0 fully saturated rings. The van der Waals surface area contributed by atoms with Crippen LogP contribution < -0.4 is 15.4 Å². The molecule has 7 heteroatoms. The zero-order valence-corrected chi connectivity index (χ0v) is 16.3. The summed E-state index contributed by atoms with van der Waals surface area (Å²) in [6, 6.07) is 11.3. The summed E-state index contributed by atoms with van der Waals surface area (Å²) in [7, 11) is 1.47. The van der Waals surface area contributed by atoms with Crippen molar-refractivity contribution >= 4 is 40.6 Å². The van der Waals surface area contributed by atoms with Crippen LogP contribution in [0.5, 0.6) is 5.75 Å². The number of benzene rings is 2. The Morgan fingerprint density at radius 3 is 2.30 bits per heavy atom. The molecule has 2 aromatic carbocycles. The number of nitrogens with one attached hydrogen (secondary N) is 2. The van der Waals surface area contributed by atoms with E-state index in [9.17, 15) is 14.4 Å². The van der Waals surface area contributed by atoms with Gasteiger partial charge in [-0.25, -0.2) is 0 Å². The molecule has 0 aromatic heterocycles. The molecule has 0 aliphatic carbocycles. The maximum atomic E-state index is 12.7. The average Bonchev–Trinajstić information content (AvgIpc) is 2.62. The summed E-state index contributed by atoms with van der Waals surface area (Å²) >= 11 is 5.97. The molecule has 2 rings (SSSR count). The second-order valence-electron chi connectivity index (χ2n) is 6.51. The Bertz CT molecular complexity index is 893. The summed E-state index contributed by atoms with van der Waals surface area (Å²) in [6.45, 7) is 4.45. The van der Waals surface area contributed by atoms with Gasteiger partial charge in [0.1, 0.15) is 11.2 Å². The quantitative estimate of drug-likeness (QED) is 0.575. The molecule has 2 amide bonds. The van der Waals surface area contributed by atoms with Crippen molar-refractivity contribution in [2.24, 2.45) is 5.41 Å². The molecule has 142 valence electrons. The van der Waals surface area contributed by atoms with Crippen LogP contribution in [0.4, 0.5) is 11.4 Å². The molecule has 0 radical (unpaired) electrons. The Morgan fingerprint density at radius 2 is 1.67 bits per heavy atom. The number of carbonyl (C=O) groups excluding carboxylic acids is 3. The summed E-state index contributed by atoms with van der Waals surface area (Å²) in [5.74, 6) is -0.723. The van der Waals surface area contributed by atoms with Crippen LogP contribution >= 0.6 is 11.6 Å². The topological polar surface area (TPSA) is 84.5 Å². The van der Waals surface area contributed by atoms with Gasteiger partial charge >= 0.3 is 0 Å². The summed E-state index contributed by atoms with van der Waals surface area (Å²) in [5.41, 5.74) is -0.110. The van der Waals surface area contributed by atoms with E-state index in [1.807, 2.05) is 0 Å². The third-order valence-electron chi connectivity index (χ3n) is 4.07. The van der Waals surface area contributed by atoms with Crippen LogP contribution in [-0.4, -0.2) is 24.7 Å². The van der Waals surface area contributed by atoms with Gasteiger partial charge in [0, 0.05) is 16.3 Å². The number of amides is 2. The van der Waals surface area contributed by atoms with E-state index in [4.69, 9.17) is 16.3 Å². The van der Waals surface area contributed by atoms with Crippen LogP contribution in [0.25, 0.3) is 0 Å². The van der Waals surface area contributed by atoms with E-state index >= 15 is 0 Å². The highest BCUT2D eigenvalue weighted by Crippen LogP contribution is 2.30. The average molecular weight is 389 g/mol.